The van der Waals surface area contributed by atoms with E-state index in [1.54, 1.807) is 13.0 Å². The largest absolute Gasteiger partial charge is 0.477 e. The molecule has 1 aromatic rings. The average Bonchev–Trinajstić information content (AvgIpc) is 2.37. The van der Waals surface area contributed by atoms with Crippen LogP contribution >= 0.6 is 11.6 Å². The lowest BCUT2D eigenvalue weighted by Crippen LogP contribution is -2.50. The molecule has 0 radical (unpaired) electrons. The fraction of sp³-hybridized carbons (Fsp3) is 0.467. The molecular formula is C15H20ClNO4. The van der Waals surface area contributed by atoms with E-state index >= 15 is 0 Å². The van der Waals surface area contributed by atoms with E-state index in [4.69, 9.17) is 16.3 Å². The molecule has 0 saturated carbocycles. The van der Waals surface area contributed by atoms with Crippen LogP contribution in [-0.2, 0) is 4.79 Å². The minimum Gasteiger partial charge on any atom is -0.477 e. The predicted octanol–water partition coefficient (Wildman–Crippen LogP) is 3.11. The van der Waals surface area contributed by atoms with Crippen LogP contribution in [0.25, 0.3) is 0 Å². The molecule has 0 saturated heterocycles. The van der Waals surface area contributed by atoms with Crippen molar-refractivity contribution in [1.82, 2.24) is 5.32 Å². The fourth-order valence-corrected chi connectivity index (χ4v) is 1.86. The first kappa shape index (κ1) is 17.5. The Hall–Kier alpha value is -1.59. The van der Waals surface area contributed by atoms with Crippen LogP contribution in [0.2, 0.25) is 5.02 Å². The van der Waals surface area contributed by atoms with Crippen LogP contribution in [0.3, 0.4) is 0 Å². The summed E-state index contributed by atoms with van der Waals surface area (Å²) in [6.07, 6.45) is -0.852. The van der Waals surface area contributed by atoms with Gasteiger partial charge in [0.2, 0.25) is 6.23 Å². The molecule has 0 bridgehead atoms. The van der Waals surface area contributed by atoms with Crippen LogP contribution in [0, 0.1) is 0 Å². The number of carboxylic acids is 1. The van der Waals surface area contributed by atoms with Crippen molar-refractivity contribution in [2.24, 2.45) is 0 Å². The first-order valence-corrected chi connectivity index (χ1v) is 7.01. The molecule has 5 nitrogen and oxygen atoms in total. The van der Waals surface area contributed by atoms with Gasteiger partial charge < -0.3 is 9.84 Å². The summed E-state index contributed by atoms with van der Waals surface area (Å²) < 4.78 is 5.40. The zero-order chi connectivity index (χ0) is 16.2. The second kappa shape index (κ2) is 6.91. The van der Waals surface area contributed by atoms with E-state index in [0.717, 1.165) is 0 Å². The molecule has 0 aromatic heterocycles. The summed E-state index contributed by atoms with van der Waals surface area (Å²) >= 11 is 6.05. The van der Waals surface area contributed by atoms with Crippen LogP contribution in [0.4, 0.5) is 0 Å². The lowest BCUT2D eigenvalue weighted by atomic mass is 10.1. The van der Waals surface area contributed by atoms with E-state index in [1.165, 1.54) is 12.1 Å². The second-order valence-electron chi connectivity index (χ2n) is 5.65. The Bertz CT molecular complexity index is 537. The van der Waals surface area contributed by atoms with Crippen molar-refractivity contribution in [3.05, 3.63) is 28.8 Å². The molecule has 0 amide bonds. The summed E-state index contributed by atoms with van der Waals surface area (Å²) in [6.45, 7) is 7.25. The van der Waals surface area contributed by atoms with E-state index < -0.39 is 17.7 Å². The molecule has 2 N–H and O–H groups in total. The third kappa shape index (κ3) is 5.36. The number of aliphatic carboxylic acids is 1. The number of benzene rings is 1. The molecule has 0 heterocycles. The molecule has 116 valence electrons. The van der Waals surface area contributed by atoms with Crippen molar-refractivity contribution in [3.63, 3.8) is 0 Å². The number of carbonyl (C=O) groups is 2. The van der Waals surface area contributed by atoms with Crippen LogP contribution in [-0.4, -0.2) is 28.6 Å². The highest BCUT2D eigenvalue weighted by Gasteiger charge is 2.25. The van der Waals surface area contributed by atoms with Gasteiger partial charge in [-0.2, -0.15) is 0 Å². The molecule has 0 fully saturated rings. The first-order chi connectivity index (χ1) is 9.64. The third-order valence-corrected chi connectivity index (χ3v) is 2.90. The number of hydrogen-bond donors (Lipinski definition) is 2. The van der Waals surface area contributed by atoms with Crippen LogP contribution in [0.1, 0.15) is 44.5 Å². The Balaban J connectivity index is 2.95. The van der Waals surface area contributed by atoms with E-state index in [1.807, 2.05) is 20.8 Å². The highest BCUT2D eigenvalue weighted by Crippen LogP contribution is 2.27. The number of nitrogens with one attached hydrogen (secondary N) is 1. The van der Waals surface area contributed by atoms with Gasteiger partial charge in [-0.15, -0.1) is 0 Å². The summed E-state index contributed by atoms with van der Waals surface area (Å²) in [4.78, 5) is 22.8. The van der Waals surface area contributed by atoms with Crippen LogP contribution in [0.15, 0.2) is 18.2 Å². The van der Waals surface area contributed by atoms with Gasteiger partial charge in [-0.1, -0.05) is 18.5 Å². The standard InChI is InChI=1S/C15H20ClNO4/c1-5-11(18)9-6-7-12(10(16)8-9)21-13(14(19)20)17-15(2,3)4/h6-8,13,17H,5H2,1-4H3,(H,19,20). The van der Waals surface area contributed by atoms with Crippen molar-refractivity contribution in [2.75, 3.05) is 0 Å². The van der Waals surface area contributed by atoms with Crippen molar-refractivity contribution in [3.8, 4) is 5.75 Å². The van der Waals surface area contributed by atoms with E-state index in [-0.39, 0.29) is 16.6 Å². The van der Waals surface area contributed by atoms with E-state index in [2.05, 4.69) is 5.32 Å². The van der Waals surface area contributed by atoms with E-state index in [9.17, 15) is 14.7 Å². The van der Waals surface area contributed by atoms with Crippen LogP contribution in [0.5, 0.6) is 5.75 Å². The number of Topliss-reactive ketones (excluding diaryl/α,β-unsaturated/α-hetero) is 1. The van der Waals surface area contributed by atoms with Gasteiger partial charge >= 0.3 is 5.97 Å². The number of ketones is 1. The normalized spacial score (nSPS) is 12.8. The van der Waals surface area contributed by atoms with Gasteiger partial charge in [-0.25, -0.2) is 4.79 Å². The van der Waals surface area contributed by atoms with Crippen molar-refractivity contribution < 1.29 is 19.4 Å². The quantitative estimate of drug-likeness (QED) is 0.623. The summed E-state index contributed by atoms with van der Waals surface area (Å²) in [5, 5.41) is 12.2. The molecule has 21 heavy (non-hydrogen) atoms. The number of hydrogen-bond acceptors (Lipinski definition) is 4. The molecule has 6 heteroatoms. The maximum Gasteiger partial charge on any atom is 0.360 e. The number of rotatable bonds is 6. The van der Waals surface area contributed by atoms with E-state index in [0.29, 0.717) is 12.0 Å². The van der Waals surface area contributed by atoms with Crippen LogP contribution < -0.4 is 10.1 Å². The summed E-state index contributed by atoms with van der Waals surface area (Å²) in [5.74, 6) is -0.964. The average molecular weight is 314 g/mol. The number of ether oxygens (including phenoxy) is 1. The fourth-order valence-electron chi connectivity index (χ4n) is 1.64. The van der Waals surface area contributed by atoms with Gasteiger partial charge in [0.25, 0.3) is 0 Å². The maximum absolute atomic E-state index is 11.6. The SMILES string of the molecule is CCC(=O)c1ccc(OC(NC(C)(C)C)C(=O)O)c(Cl)c1. The highest BCUT2D eigenvalue weighted by atomic mass is 35.5. The monoisotopic (exact) mass is 313 g/mol. The third-order valence-electron chi connectivity index (χ3n) is 2.61. The zero-order valence-electron chi connectivity index (χ0n) is 12.6. The Morgan fingerprint density at radius 1 is 1.38 bits per heavy atom. The Morgan fingerprint density at radius 3 is 2.43 bits per heavy atom. The molecule has 0 aliphatic rings. The molecule has 1 aromatic carbocycles. The van der Waals surface area contributed by atoms with Gasteiger partial charge in [0.1, 0.15) is 5.75 Å². The van der Waals surface area contributed by atoms with Gasteiger partial charge in [0.15, 0.2) is 5.78 Å². The predicted molar refractivity (Wildman–Crippen MR) is 81.0 cm³/mol. The summed E-state index contributed by atoms with van der Waals surface area (Å²) in [6, 6.07) is 4.56. The Kier molecular flexibility index (Phi) is 5.75. The Morgan fingerprint density at radius 2 is 2.00 bits per heavy atom. The van der Waals surface area contributed by atoms with Gasteiger partial charge in [-0.3, -0.25) is 10.1 Å². The smallest absolute Gasteiger partial charge is 0.360 e. The molecular weight excluding hydrogens is 294 g/mol. The molecule has 1 unspecified atom stereocenters. The van der Waals surface area contributed by atoms with Gasteiger partial charge in [0.05, 0.1) is 5.02 Å². The van der Waals surface area contributed by atoms with Crippen molar-refractivity contribution in [2.45, 2.75) is 45.9 Å². The molecule has 1 atom stereocenters. The molecule has 1 rings (SSSR count). The first-order valence-electron chi connectivity index (χ1n) is 6.64. The number of carboxylic acid groups (broad SMARTS) is 1. The summed E-state index contributed by atoms with van der Waals surface area (Å²) in [5.41, 5.74) is 0.0405. The minimum absolute atomic E-state index is 0.0361. The molecule has 0 spiro atoms. The van der Waals surface area contributed by atoms with Crippen molar-refractivity contribution in [1.29, 1.82) is 0 Å². The highest BCUT2D eigenvalue weighted by molar-refractivity contribution is 6.32. The lowest BCUT2D eigenvalue weighted by molar-refractivity contribution is -0.147. The molecule has 0 aliphatic carbocycles. The Labute approximate surface area is 129 Å². The van der Waals surface area contributed by atoms with Gasteiger partial charge in [0, 0.05) is 17.5 Å². The minimum atomic E-state index is -1.23. The maximum atomic E-state index is 11.6. The molecule has 0 aliphatic heterocycles. The second-order valence-corrected chi connectivity index (χ2v) is 6.06. The van der Waals surface area contributed by atoms with Gasteiger partial charge in [-0.05, 0) is 39.0 Å². The number of halogens is 1. The summed E-state index contributed by atoms with van der Waals surface area (Å²) in [7, 11) is 0. The zero-order valence-corrected chi connectivity index (χ0v) is 13.3. The topological polar surface area (TPSA) is 75.6 Å². The lowest BCUT2D eigenvalue weighted by Gasteiger charge is -2.26. The van der Waals surface area contributed by atoms with Crippen molar-refractivity contribution >= 4 is 23.4 Å². The number of carbonyl (C=O) groups excluding carboxylic acids is 1.